The van der Waals surface area contributed by atoms with Gasteiger partial charge in [-0.05, 0) is 54.8 Å². The Kier molecular flexibility index (Phi) is 7.71. The number of amides is 1. The maximum absolute atomic E-state index is 12.3. The van der Waals surface area contributed by atoms with Crippen LogP contribution in [0.3, 0.4) is 0 Å². The zero-order valence-electron chi connectivity index (χ0n) is 15.6. The quantitative estimate of drug-likeness (QED) is 0.527. The number of sulfonamides is 1. The molecule has 7 nitrogen and oxygen atoms in total. The van der Waals surface area contributed by atoms with Crippen molar-refractivity contribution in [3.63, 3.8) is 0 Å². The monoisotopic (exact) mass is 404 g/mol. The molecular weight excluding hydrogens is 380 g/mol. The SMILES string of the molecule is CCCCCc1ccc(C(=O)Nc2ccc(S(=O)(=O)NCC(=O)O)cc2)cc1. The Morgan fingerprint density at radius 3 is 2.18 bits per heavy atom. The minimum atomic E-state index is -3.91. The summed E-state index contributed by atoms with van der Waals surface area (Å²) in [5.41, 5.74) is 2.14. The number of aliphatic carboxylic acids is 1. The molecule has 0 bridgehead atoms. The molecule has 0 heterocycles. The Morgan fingerprint density at radius 2 is 1.61 bits per heavy atom. The van der Waals surface area contributed by atoms with E-state index >= 15 is 0 Å². The van der Waals surface area contributed by atoms with Gasteiger partial charge in [0.15, 0.2) is 0 Å². The number of rotatable bonds is 10. The van der Waals surface area contributed by atoms with Crippen LogP contribution in [-0.4, -0.2) is 31.9 Å². The highest BCUT2D eigenvalue weighted by Gasteiger charge is 2.15. The van der Waals surface area contributed by atoms with E-state index in [-0.39, 0.29) is 10.8 Å². The van der Waals surface area contributed by atoms with Gasteiger partial charge in [0.2, 0.25) is 10.0 Å². The Bertz CT molecular complexity index is 907. The molecule has 1 amide bonds. The molecule has 0 aliphatic heterocycles. The fourth-order valence-electron chi connectivity index (χ4n) is 2.56. The van der Waals surface area contributed by atoms with E-state index in [2.05, 4.69) is 12.2 Å². The van der Waals surface area contributed by atoms with E-state index in [4.69, 9.17) is 5.11 Å². The molecule has 0 atom stereocenters. The topological polar surface area (TPSA) is 113 Å². The maximum Gasteiger partial charge on any atom is 0.318 e. The van der Waals surface area contributed by atoms with Crippen molar-refractivity contribution < 1.29 is 23.1 Å². The summed E-state index contributed by atoms with van der Waals surface area (Å²) in [5, 5.41) is 11.3. The van der Waals surface area contributed by atoms with Crippen molar-refractivity contribution in [2.45, 2.75) is 37.5 Å². The van der Waals surface area contributed by atoms with E-state index in [0.29, 0.717) is 11.3 Å². The van der Waals surface area contributed by atoms with E-state index in [1.165, 1.54) is 36.2 Å². The van der Waals surface area contributed by atoms with Gasteiger partial charge in [-0.2, -0.15) is 4.72 Å². The summed E-state index contributed by atoms with van der Waals surface area (Å²) in [5.74, 6) is -1.57. The number of carboxylic acid groups (broad SMARTS) is 1. The smallest absolute Gasteiger partial charge is 0.318 e. The highest BCUT2D eigenvalue weighted by Crippen LogP contribution is 2.16. The van der Waals surface area contributed by atoms with Crippen molar-refractivity contribution in [1.29, 1.82) is 0 Å². The van der Waals surface area contributed by atoms with Gasteiger partial charge in [-0.3, -0.25) is 9.59 Å². The van der Waals surface area contributed by atoms with Crippen LogP contribution in [0.2, 0.25) is 0 Å². The fourth-order valence-corrected chi connectivity index (χ4v) is 3.54. The predicted octanol–water partition coefficient (Wildman–Crippen LogP) is 3.03. The Hall–Kier alpha value is -2.71. The first-order chi connectivity index (χ1) is 13.3. The summed E-state index contributed by atoms with van der Waals surface area (Å²) >= 11 is 0. The van der Waals surface area contributed by atoms with Crippen LogP contribution in [0.25, 0.3) is 0 Å². The second-order valence-corrected chi connectivity index (χ2v) is 8.12. The molecule has 0 aromatic heterocycles. The van der Waals surface area contributed by atoms with Crippen molar-refractivity contribution in [3.05, 3.63) is 59.7 Å². The number of aryl methyl sites for hydroxylation is 1. The largest absolute Gasteiger partial charge is 0.480 e. The number of nitrogens with one attached hydrogen (secondary N) is 2. The number of carbonyl (C=O) groups is 2. The van der Waals surface area contributed by atoms with Gasteiger partial charge in [-0.25, -0.2) is 8.42 Å². The molecule has 0 spiro atoms. The van der Waals surface area contributed by atoms with E-state index in [1.807, 2.05) is 16.9 Å². The van der Waals surface area contributed by atoms with Crippen LogP contribution in [-0.2, 0) is 21.2 Å². The predicted molar refractivity (Wildman–Crippen MR) is 107 cm³/mol. The van der Waals surface area contributed by atoms with E-state index in [1.54, 1.807) is 12.1 Å². The number of anilines is 1. The first-order valence-electron chi connectivity index (χ1n) is 9.03. The number of benzene rings is 2. The third kappa shape index (κ3) is 6.47. The Labute approximate surface area is 164 Å². The molecule has 0 aliphatic rings. The average molecular weight is 404 g/mol. The molecule has 0 saturated heterocycles. The van der Waals surface area contributed by atoms with Gasteiger partial charge in [-0.1, -0.05) is 31.9 Å². The van der Waals surface area contributed by atoms with Gasteiger partial charge >= 0.3 is 5.97 Å². The van der Waals surface area contributed by atoms with Gasteiger partial charge < -0.3 is 10.4 Å². The summed E-state index contributed by atoms with van der Waals surface area (Å²) in [6, 6.07) is 12.9. The van der Waals surface area contributed by atoms with E-state index in [0.717, 1.165) is 19.3 Å². The molecular formula is C20H24N2O5S. The highest BCUT2D eigenvalue weighted by atomic mass is 32.2. The lowest BCUT2D eigenvalue weighted by Gasteiger charge is -2.08. The summed E-state index contributed by atoms with van der Waals surface area (Å²) in [6.45, 7) is 1.46. The van der Waals surface area contributed by atoms with E-state index < -0.39 is 22.5 Å². The molecule has 2 aromatic carbocycles. The van der Waals surface area contributed by atoms with Crippen LogP contribution >= 0.6 is 0 Å². The van der Waals surface area contributed by atoms with Crippen molar-refractivity contribution in [1.82, 2.24) is 4.72 Å². The Morgan fingerprint density at radius 1 is 0.964 bits per heavy atom. The molecule has 2 aromatic rings. The standard InChI is InChI=1S/C20H24N2O5S/c1-2-3-4-5-15-6-8-16(9-7-15)20(25)22-17-10-12-18(13-11-17)28(26,27)21-14-19(23)24/h6-13,21H,2-5,14H2,1H3,(H,22,25)(H,23,24). The lowest BCUT2D eigenvalue weighted by Crippen LogP contribution is -2.29. The number of hydrogen-bond donors (Lipinski definition) is 3. The zero-order valence-corrected chi connectivity index (χ0v) is 16.5. The second-order valence-electron chi connectivity index (χ2n) is 6.35. The lowest BCUT2D eigenvalue weighted by molar-refractivity contribution is -0.135. The number of carboxylic acids is 1. The summed E-state index contributed by atoms with van der Waals surface area (Å²) in [6.07, 6.45) is 4.45. The molecule has 2 rings (SSSR count). The van der Waals surface area contributed by atoms with Crippen molar-refractivity contribution in [2.75, 3.05) is 11.9 Å². The van der Waals surface area contributed by atoms with Crippen molar-refractivity contribution >= 4 is 27.6 Å². The minimum absolute atomic E-state index is 0.0804. The molecule has 0 radical (unpaired) electrons. The first kappa shape index (κ1) is 21.6. The third-order valence-electron chi connectivity index (χ3n) is 4.12. The first-order valence-corrected chi connectivity index (χ1v) is 10.5. The number of unbranched alkanes of at least 4 members (excludes halogenated alkanes) is 2. The van der Waals surface area contributed by atoms with Crippen LogP contribution in [0.4, 0.5) is 5.69 Å². The molecule has 150 valence electrons. The molecule has 3 N–H and O–H groups in total. The maximum atomic E-state index is 12.3. The number of hydrogen-bond acceptors (Lipinski definition) is 4. The van der Waals surface area contributed by atoms with Crippen LogP contribution in [0, 0.1) is 0 Å². The van der Waals surface area contributed by atoms with Crippen molar-refractivity contribution in [3.8, 4) is 0 Å². The molecule has 8 heteroatoms. The fraction of sp³-hybridized carbons (Fsp3) is 0.300. The van der Waals surface area contributed by atoms with Gasteiger partial charge in [-0.15, -0.1) is 0 Å². The van der Waals surface area contributed by atoms with E-state index in [9.17, 15) is 18.0 Å². The minimum Gasteiger partial charge on any atom is -0.480 e. The van der Waals surface area contributed by atoms with Gasteiger partial charge in [0.1, 0.15) is 6.54 Å². The average Bonchev–Trinajstić information content (AvgIpc) is 2.67. The summed E-state index contributed by atoms with van der Waals surface area (Å²) in [4.78, 5) is 22.8. The van der Waals surface area contributed by atoms with Crippen molar-refractivity contribution in [2.24, 2.45) is 0 Å². The molecule has 28 heavy (non-hydrogen) atoms. The molecule has 0 aliphatic carbocycles. The lowest BCUT2D eigenvalue weighted by atomic mass is 10.1. The van der Waals surface area contributed by atoms with Gasteiger partial charge in [0, 0.05) is 11.3 Å². The van der Waals surface area contributed by atoms with Crippen LogP contribution in [0.5, 0.6) is 0 Å². The molecule has 0 unspecified atom stereocenters. The van der Waals surface area contributed by atoms with Gasteiger partial charge in [0.25, 0.3) is 5.91 Å². The second kappa shape index (κ2) is 10.0. The van der Waals surface area contributed by atoms with Crippen LogP contribution in [0.15, 0.2) is 53.4 Å². The molecule has 0 fully saturated rings. The van der Waals surface area contributed by atoms with Crippen LogP contribution in [0.1, 0.15) is 42.1 Å². The third-order valence-corrected chi connectivity index (χ3v) is 5.54. The summed E-state index contributed by atoms with van der Waals surface area (Å²) < 4.78 is 25.9. The highest BCUT2D eigenvalue weighted by molar-refractivity contribution is 7.89. The zero-order chi connectivity index (χ0) is 20.6. The Balaban J connectivity index is 1.98. The van der Waals surface area contributed by atoms with Crippen LogP contribution < -0.4 is 10.0 Å². The molecule has 0 saturated carbocycles. The van der Waals surface area contributed by atoms with Gasteiger partial charge in [0.05, 0.1) is 4.90 Å². The summed E-state index contributed by atoms with van der Waals surface area (Å²) in [7, 11) is -3.91. The normalized spacial score (nSPS) is 11.2. The number of carbonyl (C=O) groups excluding carboxylic acids is 1.